The SMILES string of the molecule is CC(C)c1csc(Br)c1C(=O)O. The fraction of sp³-hybridized carbons (Fsp3) is 0.375. The van der Waals surface area contributed by atoms with E-state index in [1.165, 1.54) is 11.3 Å². The predicted octanol–water partition coefficient (Wildman–Crippen LogP) is 3.33. The van der Waals surface area contributed by atoms with Crippen LogP contribution in [0, 0.1) is 0 Å². The summed E-state index contributed by atoms with van der Waals surface area (Å²) in [6.07, 6.45) is 0. The summed E-state index contributed by atoms with van der Waals surface area (Å²) in [4.78, 5) is 10.8. The summed E-state index contributed by atoms with van der Waals surface area (Å²) >= 11 is 4.65. The van der Waals surface area contributed by atoms with Gasteiger partial charge in [-0.1, -0.05) is 13.8 Å². The zero-order valence-electron chi connectivity index (χ0n) is 6.80. The molecule has 0 aliphatic carbocycles. The molecule has 0 aliphatic rings. The quantitative estimate of drug-likeness (QED) is 0.872. The number of halogens is 1. The van der Waals surface area contributed by atoms with Crippen LogP contribution in [0.25, 0.3) is 0 Å². The summed E-state index contributed by atoms with van der Waals surface area (Å²) in [6.45, 7) is 3.97. The van der Waals surface area contributed by atoms with Crippen molar-refractivity contribution in [2.45, 2.75) is 19.8 Å². The number of rotatable bonds is 2. The standard InChI is InChI=1S/C8H9BrO2S/c1-4(2)5-3-12-7(9)6(5)8(10)11/h3-4H,1-2H3,(H,10,11). The van der Waals surface area contributed by atoms with Gasteiger partial charge in [0.2, 0.25) is 0 Å². The van der Waals surface area contributed by atoms with E-state index >= 15 is 0 Å². The average Bonchev–Trinajstić information content (AvgIpc) is 2.30. The van der Waals surface area contributed by atoms with Crippen LogP contribution in [0.2, 0.25) is 0 Å². The zero-order chi connectivity index (χ0) is 9.30. The molecule has 0 atom stereocenters. The Hall–Kier alpha value is -0.350. The first-order valence-corrected chi connectivity index (χ1v) is 5.21. The van der Waals surface area contributed by atoms with Crippen LogP contribution in [0.3, 0.4) is 0 Å². The van der Waals surface area contributed by atoms with Gasteiger partial charge in [0, 0.05) is 0 Å². The molecule has 1 aromatic rings. The molecule has 0 saturated carbocycles. The monoisotopic (exact) mass is 248 g/mol. The average molecular weight is 249 g/mol. The number of carboxylic acids is 1. The molecule has 0 bridgehead atoms. The smallest absolute Gasteiger partial charge is 0.338 e. The van der Waals surface area contributed by atoms with Crippen molar-refractivity contribution in [2.24, 2.45) is 0 Å². The van der Waals surface area contributed by atoms with Gasteiger partial charge in [-0.15, -0.1) is 11.3 Å². The van der Waals surface area contributed by atoms with Crippen LogP contribution in [0.15, 0.2) is 9.17 Å². The Labute approximate surface area is 83.4 Å². The van der Waals surface area contributed by atoms with Gasteiger partial charge in [0.1, 0.15) is 0 Å². The molecule has 0 unspecified atom stereocenters. The Kier molecular flexibility index (Phi) is 2.90. The Morgan fingerprint density at radius 3 is 2.58 bits per heavy atom. The molecule has 0 aliphatic heterocycles. The third-order valence-electron chi connectivity index (χ3n) is 1.61. The van der Waals surface area contributed by atoms with E-state index in [0.717, 1.165) is 5.56 Å². The van der Waals surface area contributed by atoms with E-state index in [4.69, 9.17) is 5.11 Å². The van der Waals surface area contributed by atoms with E-state index < -0.39 is 5.97 Å². The maximum Gasteiger partial charge on any atom is 0.338 e. The highest BCUT2D eigenvalue weighted by atomic mass is 79.9. The number of aromatic carboxylic acids is 1. The van der Waals surface area contributed by atoms with Gasteiger partial charge in [0.05, 0.1) is 9.35 Å². The summed E-state index contributed by atoms with van der Waals surface area (Å²) in [5, 5.41) is 10.7. The van der Waals surface area contributed by atoms with E-state index in [-0.39, 0.29) is 5.92 Å². The first-order valence-electron chi connectivity index (χ1n) is 3.54. The molecule has 1 N–H and O–H groups in total. The van der Waals surface area contributed by atoms with Gasteiger partial charge in [-0.25, -0.2) is 4.79 Å². The second-order valence-electron chi connectivity index (χ2n) is 2.80. The molecule has 4 heteroatoms. The highest BCUT2D eigenvalue weighted by Gasteiger charge is 2.18. The lowest BCUT2D eigenvalue weighted by Gasteiger charge is -2.02. The molecule has 1 aromatic heterocycles. The minimum atomic E-state index is -0.855. The molecular weight excluding hydrogens is 240 g/mol. The maximum atomic E-state index is 10.8. The molecular formula is C8H9BrO2S. The van der Waals surface area contributed by atoms with Crippen molar-refractivity contribution in [3.05, 3.63) is 20.3 Å². The van der Waals surface area contributed by atoms with Gasteiger partial charge < -0.3 is 5.11 Å². The lowest BCUT2D eigenvalue weighted by molar-refractivity contribution is 0.0695. The van der Waals surface area contributed by atoms with E-state index in [1.807, 2.05) is 19.2 Å². The third kappa shape index (κ3) is 1.69. The summed E-state index contributed by atoms with van der Waals surface area (Å²) in [6, 6.07) is 0. The summed E-state index contributed by atoms with van der Waals surface area (Å²) in [7, 11) is 0. The van der Waals surface area contributed by atoms with Crippen molar-refractivity contribution in [1.29, 1.82) is 0 Å². The Morgan fingerprint density at radius 2 is 2.25 bits per heavy atom. The summed E-state index contributed by atoms with van der Waals surface area (Å²) in [5.41, 5.74) is 1.31. The van der Waals surface area contributed by atoms with Crippen LogP contribution in [0.5, 0.6) is 0 Å². The zero-order valence-corrected chi connectivity index (χ0v) is 9.20. The lowest BCUT2D eigenvalue weighted by atomic mass is 10.0. The Morgan fingerprint density at radius 1 is 1.67 bits per heavy atom. The van der Waals surface area contributed by atoms with Gasteiger partial charge in [-0.3, -0.25) is 0 Å². The van der Waals surface area contributed by atoms with E-state index in [1.54, 1.807) is 0 Å². The van der Waals surface area contributed by atoms with Crippen LogP contribution < -0.4 is 0 Å². The number of carboxylic acid groups (broad SMARTS) is 1. The van der Waals surface area contributed by atoms with Crippen LogP contribution in [-0.2, 0) is 0 Å². The molecule has 66 valence electrons. The second kappa shape index (κ2) is 3.58. The van der Waals surface area contributed by atoms with Gasteiger partial charge in [0.15, 0.2) is 0 Å². The fourth-order valence-corrected chi connectivity index (χ4v) is 2.60. The summed E-state index contributed by atoms with van der Waals surface area (Å²) in [5.74, 6) is -0.592. The van der Waals surface area contributed by atoms with Crippen molar-refractivity contribution >= 4 is 33.2 Å². The van der Waals surface area contributed by atoms with E-state index in [0.29, 0.717) is 9.35 Å². The second-order valence-corrected chi connectivity index (χ2v) is 5.00. The third-order valence-corrected chi connectivity index (χ3v) is 3.35. The topological polar surface area (TPSA) is 37.3 Å². The minimum Gasteiger partial charge on any atom is -0.478 e. The molecule has 1 rings (SSSR count). The van der Waals surface area contributed by atoms with Gasteiger partial charge in [-0.2, -0.15) is 0 Å². The van der Waals surface area contributed by atoms with Gasteiger partial charge in [0.25, 0.3) is 0 Å². The number of thiophene rings is 1. The molecule has 0 spiro atoms. The molecule has 0 saturated heterocycles. The van der Waals surface area contributed by atoms with Crippen LogP contribution in [0.1, 0.15) is 35.7 Å². The lowest BCUT2D eigenvalue weighted by Crippen LogP contribution is -2.00. The maximum absolute atomic E-state index is 10.8. The van der Waals surface area contributed by atoms with Crippen LogP contribution in [0.4, 0.5) is 0 Å². The van der Waals surface area contributed by atoms with Crippen LogP contribution in [-0.4, -0.2) is 11.1 Å². The number of carbonyl (C=O) groups is 1. The molecule has 12 heavy (non-hydrogen) atoms. The first kappa shape index (κ1) is 9.74. The Bertz CT molecular complexity index is 304. The van der Waals surface area contributed by atoms with E-state index in [2.05, 4.69) is 15.9 Å². The first-order chi connectivity index (χ1) is 5.54. The molecule has 0 radical (unpaired) electrons. The molecule has 0 amide bonds. The molecule has 2 nitrogen and oxygen atoms in total. The van der Waals surface area contributed by atoms with Crippen molar-refractivity contribution in [2.75, 3.05) is 0 Å². The molecule has 1 heterocycles. The highest BCUT2D eigenvalue weighted by molar-refractivity contribution is 9.11. The van der Waals surface area contributed by atoms with Gasteiger partial charge >= 0.3 is 5.97 Å². The molecule has 0 aromatic carbocycles. The van der Waals surface area contributed by atoms with Crippen molar-refractivity contribution in [1.82, 2.24) is 0 Å². The van der Waals surface area contributed by atoms with Crippen molar-refractivity contribution in [3.8, 4) is 0 Å². The van der Waals surface area contributed by atoms with Gasteiger partial charge in [-0.05, 0) is 32.8 Å². The minimum absolute atomic E-state index is 0.263. The number of hydrogen-bond acceptors (Lipinski definition) is 2. The highest BCUT2D eigenvalue weighted by Crippen LogP contribution is 2.32. The summed E-state index contributed by atoms with van der Waals surface area (Å²) < 4.78 is 0.707. The Balaban J connectivity index is 3.21. The normalized spacial score (nSPS) is 10.7. The number of hydrogen-bond donors (Lipinski definition) is 1. The predicted molar refractivity (Wildman–Crippen MR) is 53.1 cm³/mol. The largest absolute Gasteiger partial charge is 0.478 e. The molecule has 0 fully saturated rings. The van der Waals surface area contributed by atoms with Crippen LogP contribution >= 0.6 is 27.3 Å². The van der Waals surface area contributed by atoms with E-state index in [9.17, 15) is 4.79 Å². The van der Waals surface area contributed by atoms with Crippen molar-refractivity contribution in [3.63, 3.8) is 0 Å². The fourth-order valence-electron chi connectivity index (χ4n) is 0.979. The van der Waals surface area contributed by atoms with Crippen molar-refractivity contribution < 1.29 is 9.90 Å².